The van der Waals surface area contributed by atoms with Crippen LogP contribution in [0.4, 0.5) is 0 Å². The van der Waals surface area contributed by atoms with Gasteiger partial charge in [-0.25, -0.2) is 0 Å². The van der Waals surface area contributed by atoms with Gasteiger partial charge >= 0.3 is 5.97 Å². The van der Waals surface area contributed by atoms with E-state index in [2.05, 4.69) is 60.6 Å². The molecule has 0 aliphatic carbocycles. The van der Waals surface area contributed by atoms with Crippen molar-refractivity contribution in [1.29, 1.82) is 0 Å². The van der Waals surface area contributed by atoms with E-state index < -0.39 is 0 Å². The first kappa shape index (κ1) is 38.9. The van der Waals surface area contributed by atoms with E-state index in [9.17, 15) is 9.90 Å². The summed E-state index contributed by atoms with van der Waals surface area (Å²) in [6, 6.07) is 4.37. The molecule has 3 nitrogen and oxygen atoms in total. The molecule has 42 heavy (non-hydrogen) atoms. The SMILES string of the molecule is CCCCCCCCCCCCCCCCCCOC(=O)CCSCCCc1cc(C(C)(C)C)cc(C(C)(C)C)c1O. The lowest BCUT2D eigenvalue weighted by molar-refractivity contribution is -0.143. The molecule has 0 amide bonds. The van der Waals surface area contributed by atoms with E-state index in [-0.39, 0.29) is 16.8 Å². The molecular formula is C38H68O3S. The highest BCUT2D eigenvalue weighted by atomic mass is 32.2. The van der Waals surface area contributed by atoms with Gasteiger partial charge in [-0.2, -0.15) is 11.8 Å². The Morgan fingerprint density at radius 1 is 0.690 bits per heavy atom. The lowest BCUT2D eigenvalue weighted by Crippen LogP contribution is -2.17. The Bertz CT molecular complexity index is 834. The second-order valence-electron chi connectivity index (χ2n) is 14.5. The van der Waals surface area contributed by atoms with Crippen molar-refractivity contribution in [2.45, 2.75) is 181 Å². The number of carbonyl (C=O) groups excluding carboxylic acids is 1. The number of carbonyl (C=O) groups is 1. The van der Waals surface area contributed by atoms with Crippen LogP contribution >= 0.6 is 11.8 Å². The quantitative estimate of drug-likeness (QED) is 0.0941. The molecule has 1 rings (SSSR count). The predicted octanol–water partition coefficient (Wildman–Crippen LogP) is 11.8. The second-order valence-corrected chi connectivity index (χ2v) is 15.7. The summed E-state index contributed by atoms with van der Waals surface area (Å²) in [5, 5.41) is 11.0. The van der Waals surface area contributed by atoms with Gasteiger partial charge in [0.25, 0.3) is 0 Å². The normalized spacial score (nSPS) is 12.2. The van der Waals surface area contributed by atoms with E-state index in [1.54, 1.807) is 0 Å². The highest BCUT2D eigenvalue weighted by Gasteiger charge is 2.24. The summed E-state index contributed by atoms with van der Waals surface area (Å²) in [5.74, 6) is 2.18. The Morgan fingerprint density at radius 3 is 1.67 bits per heavy atom. The summed E-state index contributed by atoms with van der Waals surface area (Å²) in [6.45, 7) is 16.0. The van der Waals surface area contributed by atoms with Crippen LogP contribution in [0.25, 0.3) is 0 Å². The highest BCUT2D eigenvalue weighted by molar-refractivity contribution is 7.99. The van der Waals surface area contributed by atoms with Gasteiger partial charge in [-0.3, -0.25) is 4.79 Å². The maximum absolute atomic E-state index is 12.1. The van der Waals surface area contributed by atoms with Crippen molar-refractivity contribution in [1.82, 2.24) is 0 Å². The number of aromatic hydroxyl groups is 1. The zero-order valence-electron chi connectivity index (χ0n) is 28.9. The van der Waals surface area contributed by atoms with Crippen molar-refractivity contribution in [2.24, 2.45) is 0 Å². The predicted molar refractivity (Wildman–Crippen MR) is 186 cm³/mol. The number of hydrogen-bond donors (Lipinski definition) is 1. The van der Waals surface area contributed by atoms with Gasteiger partial charge in [-0.1, -0.05) is 157 Å². The van der Waals surface area contributed by atoms with Gasteiger partial charge in [0.1, 0.15) is 5.75 Å². The minimum Gasteiger partial charge on any atom is -0.507 e. The monoisotopic (exact) mass is 604 g/mol. The topological polar surface area (TPSA) is 46.5 Å². The molecule has 4 heteroatoms. The maximum Gasteiger partial charge on any atom is 0.306 e. The van der Waals surface area contributed by atoms with Crippen LogP contribution in [0.5, 0.6) is 5.75 Å². The van der Waals surface area contributed by atoms with Crippen LogP contribution in [-0.2, 0) is 26.8 Å². The number of benzene rings is 1. The third-order valence-electron chi connectivity index (χ3n) is 8.31. The second kappa shape index (κ2) is 22.4. The molecule has 1 aromatic carbocycles. The molecule has 0 saturated carbocycles. The Hall–Kier alpha value is -1.16. The molecule has 0 saturated heterocycles. The molecule has 1 N–H and O–H groups in total. The molecule has 0 atom stereocenters. The number of esters is 1. The van der Waals surface area contributed by atoms with Crippen LogP contribution in [0.2, 0.25) is 0 Å². The van der Waals surface area contributed by atoms with Crippen LogP contribution in [0.1, 0.15) is 181 Å². The van der Waals surface area contributed by atoms with Crippen LogP contribution in [0.15, 0.2) is 12.1 Å². The summed E-state index contributed by atoms with van der Waals surface area (Å²) in [6.07, 6.45) is 24.0. The number of phenols is 1. The van der Waals surface area contributed by atoms with Crippen molar-refractivity contribution >= 4 is 17.7 Å². The fourth-order valence-corrected chi connectivity index (χ4v) is 6.28. The Kier molecular flexibility index (Phi) is 20.7. The summed E-state index contributed by atoms with van der Waals surface area (Å²) < 4.78 is 5.46. The molecule has 0 aliphatic heterocycles. The molecule has 0 heterocycles. The van der Waals surface area contributed by atoms with E-state index in [0.29, 0.717) is 18.8 Å². The number of ether oxygens (including phenoxy) is 1. The largest absolute Gasteiger partial charge is 0.507 e. The molecule has 1 aromatic rings. The molecule has 0 radical (unpaired) electrons. The van der Waals surface area contributed by atoms with Gasteiger partial charge in [-0.15, -0.1) is 0 Å². The summed E-state index contributed by atoms with van der Waals surface area (Å²) in [7, 11) is 0. The van der Waals surface area contributed by atoms with E-state index >= 15 is 0 Å². The zero-order valence-corrected chi connectivity index (χ0v) is 29.7. The Labute approximate surface area is 265 Å². The fraction of sp³-hybridized carbons (Fsp3) is 0.816. The van der Waals surface area contributed by atoms with Crippen LogP contribution in [0, 0.1) is 0 Å². The standard InChI is InChI=1S/C38H68O3S/c1-8-9-10-11-12-13-14-15-16-17-18-19-20-21-22-23-27-41-35(39)26-29-42-28-24-25-32-30-33(37(2,3)4)31-34(36(32)40)38(5,6)7/h30-31,40H,8-29H2,1-7H3. The first-order chi connectivity index (χ1) is 20.0. The molecule has 0 unspecified atom stereocenters. The van der Waals surface area contributed by atoms with Gasteiger partial charge < -0.3 is 9.84 Å². The highest BCUT2D eigenvalue weighted by Crippen LogP contribution is 2.38. The van der Waals surface area contributed by atoms with Gasteiger partial charge in [0.05, 0.1) is 13.0 Å². The minimum absolute atomic E-state index is 0.0454. The van der Waals surface area contributed by atoms with E-state index in [1.807, 2.05) is 11.8 Å². The van der Waals surface area contributed by atoms with Gasteiger partial charge in [0.2, 0.25) is 0 Å². The summed E-state index contributed by atoms with van der Waals surface area (Å²) >= 11 is 1.81. The first-order valence-electron chi connectivity index (χ1n) is 17.6. The van der Waals surface area contributed by atoms with Crippen LogP contribution in [0.3, 0.4) is 0 Å². The Morgan fingerprint density at radius 2 is 1.19 bits per heavy atom. The average molecular weight is 605 g/mol. The average Bonchev–Trinajstić information content (AvgIpc) is 2.91. The number of aryl methyl sites for hydroxylation is 1. The van der Waals surface area contributed by atoms with Crippen LogP contribution < -0.4 is 0 Å². The Balaban J connectivity index is 2.03. The molecule has 0 aliphatic rings. The lowest BCUT2D eigenvalue weighted by Gasteiger charge is -2.27. The van der Waals surface area contributed by atoms with E-state index in [4.69, 9.17) is 4.74 Å². The molecule has 0 bridgehead atoms. The number of hydrogen-bond acceptors (Lipinski definition) is 4. The molecule has 0 spiro atoms. The number of unbranched alkanes of at least 4 members (excludes halogenated alkanes) is 15. The third kappa shape index (κ3) is 18.5. The minimum atomic E-state index is -0.0959. The number of phenolic OH excluding ortho intramolecular Hbond substituents is 1. The molecule has 244 valence electrons. The van der Waals surface area contributed by atoms with E-state index in [1.165, 1.54) is 102 Å². The summed E-state index contributed by atoms with van der Waals surface area (Å²) in [4.78, 5) is 12.1. The number of rotatable bonds is 24. The van der Waals surface area contributed by atoms with Crippen molar-refractivity contribution in [3.05, 3.63) is 28.8 Å². The lowest BCUT2D eigenvalue weighted by atomic mass is 9.78. The fourth-order valence-electron chi connectivity index (χ4n) is 5.42. The zero-order chi connectivity index (χ0) is 31.3. The smallest absolute Gasteiger partial charge is 0.306 e. The molecule has 0 fully saturated rings. The van der Waals surface area contributed by atoms with Crippen molar-refractivity contribution in [2.75, 3.05) is 18.1 Å². The maximum atomic E-state index is 12.1. The summed E-state index contributed by atoms with van der Waals surface area (Å²) in [5.41, 5.74) is 3.31. The third-order valence-corrected chi connectivity index (χ3v) is 9.38. The van der Waals surface area contributed by atoms with Gasteiger partial charge in [-0.05, 0) is 52.5 Å². The van der Waals surface area contributed by atoms with Crippen molar-refractivity contribution < 1.29 is 14.6 Å². The molecule has 0 aromatic heterocycles. The first-order valence-corrected chi connectivity index (χ1v) is 18.7. The van der Waals surface area contributed by atoms with Crippen LogP contribution in [-0.4, -0.2) is 29.2 Å². The van der Waals surface area contributed by atoms with Gasteiger partial charge in [0, 0.05) is 5.75 Å². The van der Waals surface area contributed by atoms with E-state index in [0.717, 1.165) is 41.9 Å². The van der Waals surface area contributed by atoms with Crippen molar-refractivity contribution in [3.8, 4) is 5.75 Å². The number of thioether (sulfide) groups is 1. The van der Waals surface area contributed by atoms with Gasteiger partial charge in [0.15, 0.2) is 0 Å². The van der Waals surface area contributed by atoms with Crippen molar-refractivity contribution in [3.63, 3.8) is 0 Å². The molecular weight excluding hydrogens is 536 g/mol.